The molecule has 2 aromatic carbocycles. The molecule has 0 atom stereocenters. The van der Waals surface area contributed by atoms with Crippen molar-refractivity contribution in [3.05, 3.63) is 84.3 Å². The zero-order chi connectivity index (χ0) is 28.3. The topological polar surface area (TPSA) is 94.4 Å². The molecule has 0 saturated heterocycles. The molecule has 0 aliphatic heterocycles. The zero-order valence-electron chi connectivity index (χ0n) is 20.7. The smallest absolute Gasteiger partial charge is 0.428 e. The van der Waals surface area contributed by atoms with Crippen LogP contribution < -0.4 is 4.31 Å². The van der Waals surface area contributed by atoms with Gasteiger partial charge in [0.2, 0.25) is 0 Å². The van der Waals surface area contributed by atoms with Gasteiger partial charge in [0.15, 0.2) is 5.82 Å². The Morgan fingerprint density at radius 1 is 1.00 bits per heavy atom. The Kier molecular flexibility index (Phi) is 8.00. The number of aromatic nitrogens is 3. The number of benzene rings is 2. The van der Waals surface area contributed by atoms with Crippen LogP contribution >= 0.6 is 0 Å². The molecule has 0 fully saturated rings. The van der Waals surface area contributed by atoms with Gasteiger partial charge in [-0.3, -0.25) is 9.67 Å². The number of hydrogen-bond acceptors (Lipinski definition) is 6. The number of carbonyl (C=O) groups excluding carboxylic acids is 1. The second-order valence-corrected chi connectivity index (χ2v) is 9.95. The molecule has 0 radical (unpaired) electrons. The molecule has 0 N–H and O–H groups in total. The quantitative estimate of drug-likeness (QED) is 0.247. The van der Waals surface area contributed by atoms with Crippen LogP contribution in [0.5, 0.6) is 0 Å². The highest BCUT2D eigenvalue weighted by molar-refractivity contribution is 7.93. The molecule has 0 saturated carbocycles. The van der Waals surface area contributed by atoms with Gasteiger partial charge in [0, 0.05) is 30.7 Å². The molecule has 2 heterocycles. The van der Waals surface area contributed by atoms with E-state index in [1.54, 1.807) is 32.2 Å². The lowest BCUT2D eigenvalue weighted by atomic mass is 10.0. The summed E-state index contributed by atoms with van der Waals surface area (Å²) in [5, 5.41) is 4.26. The molecular weight excluding hydrogens is 540 g/mol. The van der Waals surface area contributed by atoms with Gasteiger partial charge in [0.05, 0.1) is 12.2 Å². The van der Waals surface area contributed by atoms with E-state index in [1.165, 1.54) is 17.1 Å². The largest absolute Gasteiger partial charge is 0.448 e. The Morgan fingerprint density at radius 3 is 2.36 bits per heavy atom. The van der Waals surface area contributed by atoms with Gasteiger partial charge in [0.25, 0.3) is 10.0 Å². The SMILES string of the molecule is CCCOC(=O)N(c1ccc(F)c(-c2nn(CC)cc2-c2ccncc2)c1F)S(=O)(=O)c1cc(F)ccc1F. The fourth-order valence-electron chi connectivity index (χ4n) is 3.77. The monoisotopic (exact) mass is 562 g/mol. The molecule has 0 spiro atoms. The highest BCUT2D eigenvalue weighted by atomic mass is 32.2. The molecule has 1 amide bonds. The minimum atomic E-state index is -5.29. The van der Waals surface area contributed by atoms with Crippen molar-refractivity contribution < 1.29 is 35.5 Å². The van der Waals surface area contributed by atoms with Crippen molar-refractivity contribution in [2.45, 2.75) is 31.7 Å². The van der Waals surface area contributed by atoms with Crippen LogP contribution in [0.15, 0.2) is 66.0 Å². The van der Waals surface area contributed by atoms with Crippen molar-refractivity contribution in [1.82, 2.24) is 14.8 Å². The number of sulfonamides is 1. The van der Waals surface area contributed by atoms with Crippen molar-refractivity contribution in [2.75, 3.05) is 10.9 Å². The Labute approximate surface area is 221 Å². The Balaban J connectivity index is 1.98. The Bertz CT molecular complexity index is 1630. The number of halogens is 4. The lowest BCUT2D eigenvalue weighted by Crippen LogP contribution is -2.39. The van der Waals surface area contributed by atoms with Crippen LogP contribution in [0.3, 0.4) is 0 Å². The van der Waals surface area contributed by atoms with Crippen LogP contribution in [0.4, 0.5) is 28.0 Å². The summed E-state index contributed by atoms with van der Waals surface area (Å²) in [5.74, 6) is -5.11. The van der Waals surface area contributed by atoms with E-state index in [0.717, 1.165) is 6.07 Å². The van der Waals surface area contributed by atoms with Gasteiger partial charge < -0.3 is 4.74 Å². The molecule has 4 aromatic rings. The summed E-state index contributed by atoms with van der Waals surface area (Å²) in [6.45, 7) is 3.45. The van der Waals surface area contributed by atoms with Crippen molar-refractivity contribution in [2.24, 2.45) is 0 Å². The molecule has 8 nitrogen and oxygen atoms in total. The van der Waals surface area contributed by atoms with Gasteiger partial charge in [-0.15, -0.1) is 0 Å². The molecule has 0 bridgehead atoms. The predicted molar refractivity (Wildman–Crippen MR) is 134 cm³/mol. The maximum absolute atomic E-state index is 16.2. The van der Waals surface area contributed by atoms with Gasteiger partial charge in [0.1, 0.15) is 33.7 Å². The van der Waals surface area contributed by atoms with E-state index in [1.807, 2.05) is 0 Å². The first kappa shape index (κ1) is 27.8. The van der Waals surface area contributed by atoms with Crippen LogP contribution in [-0.4, -0.2) is 35.9 Å². The highest BCUT2D eigenvalue weighted by Gasteiger charge is 2.38. The first-order chi connectivity index (χ1) is 18.6. The summed E-state index contributed by atoms with van der Waals surface area (Å²) >= 11 is 0. The van der Waals surface area contributed by atoms with E-state index < -0.39 is 55.5 Å². The minimum Gasteiger partial charge on any atom is -0.448 e. The van der Waals surface area contributed by atoms with Gasteiger partial charge >= 0.3 is 6.09 Å². The van der Waals surface area contributed by atoms with Crippen molar-refractivity contribution in [3.8, 4) is 22.4 Å². The molecule has 13 heteroatoms. The average molecular weight is 563 g/mol. The number of hydrogen-bond donors (Lipinski definition) is 0. The first-order valence-electron chi connectivity index (χ1n) is 11.7. The fourth-order valence-corrected chi connectivity index (χ4v) is 5.19. The molecule has 39 heavy (non-hydrogen) atoms. The number of nitrogens with zero attached hydrogens (tertiary/aromatic N) is 4. The second-order valence-electron chi connectivity index (χ2n) is 8.20. The zero-order valence-corrected chi connectivity index (χ0v) is 21.6. The van der Waals surface area contributed by atoms with Crippen molar-refractivity contribution >= 4 is 21.8 Å². The molecule has 0 aliphatic carbocycles. The fraction of sp³-hybridized carbons (Fsp3) is 0.192. The van der Waals surface area contributed by atoms with E-state index in [9.17, 15) is 22.0 Å². The van der Waals surface area contributed by atoms with Crippen molar-refractivity contribution in [3.63, 3.8) is 0 Å². The summed E-state index contributed by atoms with van der Waals surface area (Å²) in [5.41, 5.74) is -1.08. The van der Waals surface area contributed by atoms with Crippen LogP contribution in [-0.2, 0) is 21.3 Å². The number of aryl methyl sites for hydroxylation is 1. The standard InChI is InChI=1S/C26H22F4N4O4S/c1-3-13-38-26(35)34(39(36,37)22-14-17(27)5-6-19(22)28)21-8-7-20(29)23(24(21)30)25-18(15-33(4-2)32-25)16-9-11-31-12-10-16/h5-12,14-15H,3-4,13H2,1-2H3. The van der Waals surface area contributed by atoms with E-state index in [-0.39, 0.29) is 23.0 Å². The predicted octanol–water partition coefficient (Wildman–Crippen LogP) is 5.93. The maximum atomic E-state index is 16.2. The average Bonchev–Trinajstić information content (AvgIpc) is 3.34. The summed E-state index contributed by atoms with van der Waals surface area (Å²) in [4.78, 5) is 15.7. The Hall–Kier alpha value is -4.26. The van der Waals surface area contributed by atoms with E-state index in [2.05, 4.69) is 10.1 Å². The molecule has 204 valence electrons. The van der Waals surface area contributed by atoms with Gasteiger partial charge in [-0.1, -0.05) is 6.92 Å². The molecule has 0 unspecified atom stereocenters. The van der Waals surface area contributed by atoms with Crippen LogP contribution in [0.25, 0.3) is 22.4 Å². The maximum Gasteiger partial charge on any atom is 0.428 e. The summed E-state index contributed by atoms with van der Waals surface area (Å²) in [7, 11) is -5.29. The van der Waals surface area contributed by atoms with Crippen LogP contribution in [0.1, 0.15) is 20.3 Å². The molecular formula is C26H22F4N4O4S. The lowest BCUT2D eigenvalue weighted by molar-refractivity contribution is 0.157. The molecule has 0 aliphatic rings. The molecule has 4 rings (SSSR count). The first-order valence-corrected chi connectivity index (χ1v) is 13.2. The lowest BCUT2D eigenvalue weighted by Gasteiger charge is -2.23. The van der Waals surface area contributed by atoms with E-state index in [4.69, 9.17) is 4.74 Å². The number of anilines is 1. The third kappa shape index (κ3) is 5.35. The normalized spacial score (nSPS) is 11.4. The second kappa shape index (κ2) is 11.2. The van der Waals surface area contributed by atoms with Gasteiger partial charge in [-0.05, 0) is 61.4 Å². The summed E-state index contributed by atoms with van der Waals surface area (Å²) in [6, 6.07) is 6.18. The number of rotatable bonds is 8. The number of amides is 1. The Morgan fingerprint density at radius 2 is 1.69 bits per heavy atom. The number of carbonyl (C=O) groups is 1. The van der Waals surface area contributed by atoms with Crippen LogP contribution in [0.2, 0.25) is 0 Å². The number of pyridine rings is 1. The third-order valence-electron chi connectivity index (χ3n) is 5.61. The van der Waals surface area contributed by atoms with E-state index >= 15 is 8.78 Å². The number of ether oxygens (including phenoxy) is 1. The third-order valence-corrected chi connectivity index (χ3v) is 7.31. The van der Waals surface area contributed by atoms with E-state index in [0.29, 0.717) is 41.9 Å². The summed E-state index contributed by atoms with van der Waals surface area (Å²) < 4.78 is 93.0. The van der Waals surface area contributed by atoms with Crippen molar-refractivity contribution in [1.29, 1.82) is 0 Å². The summed E-state index contributed by atoms with van der Waals surface area (Å²) in [6.07, 6.45) is 3.16. The van der Waals surface area contributed by atoms with Crippen LogP contribution in [0, 0.1) is 23.3 Å². The van der Waals surface area contributed by atoms with Gasteiger partial charge in [-0.2, -0.15) is 9.40 Å². The highest BCUT2D eigenvalue weighted by Crippen LogP contribution is 2.39. The van der Waals surface area contributed by atoms with Gasteiger partial charge in [-0.25, -0.2) is 30.8 Å². The minimum absolute atomic E-state index is 0.151. The molecule has 2 aromatic heterocycles.